The summed E-state index contributed by atoms with van der Waals surface area (Å²) < 4.78 is 4.20. The van der Waals surface area contributed by atoms with Gasteiger partial charge >= 0.3 is 0 Å². The maximum atomic E-state index is 4.20. The van der Waals surface area contributed by atoms with Crippen molar-refractivity contribution in [3.8, 4) is 0 Å². The van der Waals surface area contributed by atoms with Crippen LogP contribution in [0.3, 0.4) is 0 Å². The van der Waals surface area contributed by atoms with Gasteiger partial charge in [0, 0.05) is 11.5 Å². The van der Waals surface area contributed by atoms with Gasteiger partial charge in [0.15, 0.2) is 0 Å². The van der Waals surface area contributed by atoms with Crippen LogP contribution in [0.15, 0.2) is 4.40 Å². The van der Waals surface area contributed by atoms with E-state index < -0.39 is 0 Å². The Kier molecular flexibility index (Phi) is 1.98. The minimum Gasteiger partial charge on any atom is -0.229 e. The Labute approximate surface area is 66.4 Å². The topological polar surface area (TPSA) is 12.4 Å². The first kappa shape index (κ1) is 6.71. The van der Waals surface area contributed by atoms with E-state index in [4.69, 9.17) is 0 Å². The Bertz CT molecular complexity index is 130. The Morgan fingerprint density at radius 3 is 2.70 bits per heavy atom. The van der Waals surface area contributed by atoms with Crippen LogP contribution in [0.25, 0.3) is 0 Å². The number of hydrogen-bond acceptors (Lipinski definition) is 2. The van der Waals surface area contributed by atoms with E-state index in [2.05, 4.69) is 10.6 Å². The summed E-state index contributed by atoms with van der Waals surface area (Å²) in [6.45, 7) is 0. The van der Waals surface area contributed by atoms with Gasteiger partial charge in [-0.1, -0.05) is 12.8 Å². The highest BCUT2D eigenvalue weighted by atomic mass is 32.2. The number of hydrogen-bond donors (Lipinski definition) is 0. The van der Waals surface area contributed by atoms with Gasteiger partial charge in [-0.25, -0.2) is 4.40 Å². The molecule has 2 rings (SSSR count). The van der Waals surface area contributed by atoms with E-state index in [0.717, 1.165) is 11.2 Å². The quantitative estimate of drug-likeness (QED) is 0.530. The summed E-state index contributed by atoms with van der Waals surface area (Å²) in [6, 6.07) is 0. The Morgan fingerprint density at radius 2 is 2.10 bits per heavy atom. The molecule has 1 fully saturated rings. The van der Waals surface area contributed by atoms with Crippen LogP contribution in [-0.2, 0) is 0 Å². The molecule has 1 heterocycles. The zero-order valence-electron chi connectivity index (χ0n) is 6.12. The van der Waals surface area contributed by atoms with Crippen LogP contribution in [0.4, 0.5) is 0 Å². The average molecular weight is 155 g/mol. The van der Waals surface area contributed by atoms with Crippen molar-refractivity contribution < 1.29 is 0 Å². The zero-order valence-corrected chi connectivity index (χ0v) is 6.94. The van der Waals surface area contributed by atoms with E-state index in [9.17, 15) is 0 Å². The molecule has 0 amide bonds. The summed E-state index contributed by atoms with van der Waals surface area (Å²) in [5.74, 6) is 0.993. The molecule has 0 N–H and O–H groups in total. The molecule has 0 aromatic rings. The van der Waals surface area contributed by atoms with Crippen LogP contribution < -0.4 is 0 Å². The van der Waals surface area contributed by atoms with Gasteiger partial charge in [-0.15, -0.1) is 0 Å². The third kappa shape index (κ3) is 1.22. The molecule has 1 aliphatic carbocycles. The minimum absolute atomic E-state index is 0.850. The van der Waals surface area contributed by atoms with E-state index in [-0.39, 0.29) is 0 Å². The van der Waals surface area contributed by atoms with Gasteiger partial charge in [0.1, 0.15) is 0 Å². The normalized spacial score (nSPS) is 33.8. The molecule has 56 valence electrons. The zero-order chi connectivity index (χ0) is 6.81. The van der Waals surface area contributed by atoms with Crippen molar-refractivity contribution >= 4 is 18.2 Å². The lowest BCUT2D eigenvalue weighted by molar-refractivity contribution is 0.534. The van der Waals surface area contributed by atoms with Crippen LogP contribution in [0, 0.1) is 5.92 Å². The van der Waals surface area contributed by atoms with Gasteiger partial charge in [-0.3, -0.25) is 0 Å². The molecular weight excluding hydrogens is 142 g/mol. The van der Waals surface area contributed by atoms with Crippen molar-refractivity contribution in [2.45, 2.75) is 37.4 Å². The third-order valence-corrected chi connectivity index (χ3v) is 3.65. The molecule has 0 aromatic carbocycles. The fourth-order valence-electron chi connectivity index (χ4n) is 1.92. The van der Waals surface area contributed by atoms with Crippen LogP contribution in [0.5, 0.6) is 0 Å². The third-order valence-electron chi connectivity index (χ3n) is 2.53. The highest BCUT2D eigenvalue weighted by Gasteiger charge is 2.26. The standard InChI is InChI=1S/C8H13NS/c1-2-4-7(3-1)8-5-6-9-10-8/h6-8H,1-5H2. The summed E-state index contributed by atoms with van der Waals surface area (Å²) in [4.78, 5) is 0. The molecule has 1 saturated carbocycles. The first-order valence-electron chi connectivity index (χ1n) is 4.14. The lowest BCUT2D eigenvalue weighted by Crippen LogP contribution is -2.10. The molecule has 1 aliphatic heterocycles. The molecule has 0 bridgehead atoms. The summed E-state index contributed by atoms with van der Waals surface area (Å²) >= 11 is 1.81. The minimum atomic E-state index is 0.850. The van der Waals surface area contributed by atoms with Gasteiger partial charge in [0.05, 0.1) is 0 Å². The first-order valence-corrected chi connectivity index (χ1v) is 4.98. The van der Waals surface area contributed by atoms with Gasteiger partial charge in [0.25, 0.3) is 0 Å². The molecule has 0 aromatic heterocycles. The fourth-order valence-corrected chi connectivity index (χ4v) is 2.86. The molecule has 0 radical (unpaired) electrons. The van der Waals surface area contributed by atoms with E-state index in [0.29, 0.717) is 0 Å². The van der Waals surface area contributed by atoms with E-state index >= 15 is 0 Å². The van der Waals surface area contributed by atoms with Crippen LogP contribution in [0.1, 0.15) is 32.1 Å². The SMILES string of the molecule is C1=NSC(C2CCCC2)C1. The summed E-state index contributed by atoms with van der Waals surface area (Å²) in [7, 11) is 0. The van der Waals surface area contributed by atoms with Crippen molar-refractivity contribution in [1.82, 2.24) is 0 Å². The summed E-state index contributed by atoms with van der Waals surface area (Å²) in [5.41, 5.74) is 0. The van der Waals surface area contributed by atoms with Crippen molar-refractivity contribution in [3.05, 3.63) is 0 Å². The maximum absolute atomic E-state index is 4.20. The van der Waals surface area contributed by atoms with Crippen molar-refractivity contribution in [1.29, 1.82) is 0 Å². The Balaban J connectivity index is 1.87. The average Bonchev–Trinajstić information content (AvgIpc) is 2.59. The molecule has 2 aliphatic rings. The van der Waals surface area contributed by atoms with Crippen molar-refractivity contribution in [3.63, 3.8) is 0 Å². The predicted octanol–water partition coefficient (Wildman–Crippen LogP) is 2.67. The summed E-state index contributed by atoms with van der Waals surface area (Å²) in [6.07, 6.45) is 9.15. The van der Waals surface area contributed by atoms with Crippen molar-refractivity contribution in [2.75, 3.05) is 0 Å². The molecular formula is C8H13NS. The van der Waals surface area contributed by atoms with E-state index in [1.807, 2.05) is 11.9 Å². The van der Waals surface area contributed by atoms with E-state index in [1.54, 1.807) is 0 Å². The predicted molar refractivity (Wildman–Crippen MR) is 46.4 cm³/mol. The molecule has 1 atom stereocenters. The second-order valence-corrected chi connectivity index (χ2v) is 4.24. The highest BCUT2D eigenvalue weighted by Crippen LogP contribution is 2.37. The fraction of sp³-hybridized carbons (Fsp3) is 0.875. The van der Waals surface area contributed by atoms with Crippen LogP contribution in [-0.4, -0.2) is 11.5 Å². The second-order valence-electron chi connectivity index (χ2n) is 3.21. The van der Waals surface area contributed by atoms with Gasteiger partial charge in [-0.2, -0.15) is 0 Å². The number of nitrogens with zero attached hydrogens (tertiary/aromatic N) is 1. The Morgan fingerprint density at radius 1 is 1.30 bits per heavy atom. The second kappa shape index (κ2) is 2.95. The van der Waals surface area contributed by atoms with Gasteiger partial charge in [0.2, 0.25) is 0 Å². The molecule has 10 heavy (non-hydrogen) atoms. The Hall–Kier alpha value is 0.0200. The van der Waals surface area contributed by atoms with Crippen LogP contribution >= 0.6 is 11.9 Å². The molecule has 1 unspecified atom stereocenters. The van der Waals surface area contributed by atoms with E-state index in [1.165, 1.54) is 32.1 Å². The highest BCUT2D eigenvalue weighted by molar-refractivity contribution is 7.99. The first-order chi connectivity index (χ1) is 4.97. The molecule has 2 heteroatoms. The maximum Gasteiger partial charge on any atom is 0.0344 e. The van der Waals surface area contributed by atoms with Gasteiger partial charge in [-0.05, 0) is 37.1 Å². The monoisotopic (exact) mass is 155 g/mol. The molecule has 1 nitrogen and oxygen atoms in total. The van der Waals surface area contributed by atoms with Crippen LogP contribution in [0.2, 0.25) is 0 Å². The van der Waals surface area contributed by atoms with Crippen molar-refractivity contribution in [2.24, 2.45) is 10.3 Å². The molecule has 0 saturated heterocycles. The van der Waals surface area contributed by atoms with Gasteiger partial charge < -0.3 is 0 Å². The largest absolute Gasteiger partial charge is 0.229 e. The molecule has 0 spiro atoms. The smallest absolute Gasteiger partial charge is 0.0344 e. The summed E-state index contributed by atoms with van der Waals surface area (Å²) in [5, 5.41) is 0.850. The number of rotatable bonds is 1. The lowest BCUT2D eigenvalue weighted by atomic mass is 10.0. The lowest BCUT2D eigenvalue weighted by Gasteiger charge is -2.13.